The molecule has 3 aromatic rings. The van der Waals surface area contributed by atoms with Crippen molar-refractivity contribution in [3.63, 3.8) is 0 Å². The minimum atomic E-state index is 0.109. The van der Waals surface area contributed by atoms with Crippen LogP contribution in [0, 0.1) is 0 Å². The summed E-state index contributed by atoms with van der Waals surface area (Å²) >= 11 is 3.51. The van der Waals surface area contributed by atoms with Gasteiger partial charge in [0.1, 0.15) is 23.5 Å². The molecule has 0 aliphatic carbocycles. The Balaban J connectivity index is 2.01. The summed E-state index contributed by atoms with van der Waals surface area (Å²) in [6.45, 7) is 4.00. The van der Waals surface area contributed by atoms with E-state index < -0.39 is 0 Å². The first-order valence-corrected chi connectivity index (χ1v) is 7.44. The number of fused-ring (bicyclic) bond motifs is 1. The van der Waals surface area contributed by atoms with Crippen molar-refractivity contribution in [2.75, 3.05) is 5.32 Å². The van der Waals surface area contributed by atoms with Crippen LogP contribution in [-0.4, -0.2) is 21.1 Å². The van der Waals surface area contributed by atoms with Crippen LogP contribution in [0.5, 0.6) is 5.75 Å². The zero-order valence-electron chi connectivity index (χ0n) is 11.7. The number of hydrogen-bond donors (Lipinski definition) is 2. The Hall–Kier alpha value is -2.08. The van der Waals surface area contributed by atoms with Crippen molar-refractivity contribution in [3.05, 3.63) is 41.3 Å². The van der Waals surface area contributed by atoms with Crippen LogP contribution < -0.4 is 10.1 Å². The Labute approximate surface area is 130 Å². The fourth-order valence-corrected chi connectivity index (χ4v) is 2.56. The lowest BCUT2D eigenvalue weighted by atomic mass is 10.2. The van der Waals surface area contributed by atoms with E-state index in [2.05, 4.69) is 36.2 Å². The molecule has 108 valence electrons. The summed E-state index contributed by atoms with van der Waals surface area (Å²) < 4.78 is 6.74. The zero-order chi connectivity index (χ0) is 14.8. The van der Waals surface area contributed by atoms with Gasteiger partial charge in [-0.05, 0) is 41.9 Å². The van der Waals surface area contributed by atoms with Gasteiger partial charge >= 0.3 is 0 Å². The largest absolute Gasteiger partial charge is 0.489 e. The van der Waals surface area contributed by atoms with Gasteiger partial charge in [-0.25, -0.2) is 9.97 Å². The molecule has 0 saturated heterocycles. The van der Waals surface area contributed by atoms with Crippen LogP contribution in [0.4, 0.5) is 11.5 Å². The van der Waals surface area contributed by atoms with E-state index in [9.17, 15) is 0 Å². The van der Waals surface area contributed by atoms with Crippen molar-refractivity contribution in [2.24, 2.45) is 0 Å². The monoisotopic (exact) mass is 346 g/mol. The van der Waals surface area contributed by atoms with E-state index in [-0.39, 0.29) is 6.10 Å². The molecule has 0 aliphatic heterocycles. The summed E-state index contributed by atoms with van der Waals surface area (Å²) in [5, 5.41) is 4.24. The minimum absolute atomic E-state index is 0.109. The van der Waals surface area contributed by atoms with Crippen LogP contribution >= 0.6 is 15.9 Å². The number of ether oxygens (including phenoxy) is 1. The number of anilines is 2. The van der Waals surface area contributed by atoms with Gasteiger partial charge in [0.2, 0.25) is 0 Å². The van der Waals surface area contributed by atoms with Gasteiger partial charge in [0.05, 0.1) is 17.2 Å². The summed E-state index contributed by atoms with van der Waals surface area (Å²) in [5.41, 5.74) is 1.65. The highest BCUT2D eigenvalue weighted by molar-refractivity contribution is 9.10. The molecule has 5 nitrogen and oxygen atoms in total. The number of nitrogens with zero attached hydrogens (tertiary/aromatic N) is 2. The second-order valence-electron chi connectivity index (χ2n) is 4.87. The Bertz CT molecular complexity index is 769. The molecule has 2 aromatic heterocycles. The maximum absolute atomic E-state index is 5.82. The quantitative estimate of drug-likeness (QED) is 0.741. The maximum Gasteiger partial charge on any atom is 0.144 e. The molecule has 0 atom stereocenters. The summed E-state index contributed by atoms with van der Waals surface area (Å²) in [6.07, 6.45) is 3.48. The number of para-hydroxylation sites is 2. The molecule has 0 bridgehead atoms. The van der Waals surface area contributed by atoms with Crippen molar-refractivity contribution in [3.8, 4) is 5.75 Å². The van der Waals surface area contributed by atoms with Crippen molar-refractivity contribution in [1.82, 2.24) is 15.0 Å². The average molecular weight is 347 g/mol. The third kappa shape index (κ3) is 2.85. The van der Waals surface area contributed by atoms with E-state index in [4.69, 9.17) is 4.74 Å². The number of halogens is 1. The summed E-state index contributed by atoms with van der Waals surface area (Å²) in [6, 6.07) is 7.81. The zero-order valence-corrected chi connectivity index (χ0v) is 13.3. The normalized spacial score (nSPS) is 11.0. The number of aromatic amines is 1. The first kappa shape index (κ1) is 13.9. The van der Waals surface area contributed by atoms with Crippen molar-refractivity contribution in [2.45, 2.75) is 20.0 Å². The van der Waals surface area contributed by atoms with E-state index in [1.807, 2.05) is 44.3 Å². The standard InChI is InChI=1S/C15H15BrN4O/c1-9(2)21-12-6-4-3-5-11(12)20-15-13-10(16)7-17-14(13)18-8-19-15/h3-9H,1-2H3,(H2,17,18,19,20). The predicted octanol–water partition coefficient (Wildman–Crippen LogP) is 4.25. The van der Waals surface area contributed by atoms with Gasteiger partial charge < -0.3 is 15.0 Å². The minimum Gasteiger partial charge on any atom is -0.489 e. The molecular formula is C15H15BrN4O. The van der Waals surface area contributed by atoms with E-state index in [0.717, 1.165) is 32.8 Å². The molecule has 1 aromatic carbocycles. The smallest absolute Gasteiger partial charge is 0.144 e. The lowest BCUT2D eigenvalue weighted by Crippen LogP contribution is -2.07. The van der Waals surface area contributed by atoms with E-state index in [1.165, 1.54) is 6.33 Å². The van der Waals surface area contributed by atoms with Crippen LogP contribution in [-0.2, 0) is 0 Å². The van der Waals surface area contributed by atoms with Gasteiger partial charge in [-0.1, -0.05) is 12.1 Å². The molecule has 0 radical (unpaired) electrons. The van der Waals surface area contributed by atoms with Gasteiger partial charge in [0.25, 0.3) is 0 Å². The molecule has 2 N–H and O–H groups in total. The summed E-state index contributed by atoms with van der Waals surface area (Å²) in [4.78, 5) is 11.6. The van der Waals surface area contributed by atoms with Crippen molar-refractivity contribution < 1.29 is 4.74 Å². The molecule has 0 amide bonds. The van der Waals surface area contributed by atoms with Crippen LogP contribution in [0.1, 0.15) is 13.8 Å². The summed E-state index contributed by atoms with van der Waals surface area (Å²) in [5.74, 6) is 1.53. The molecule has 21 heavy (non-hydrogen) atoms. The second-order valence-corrected chi connectivity index (χ2v) is 5.72. The predicted molar refractivity (Wildman–Crippen MR) is 87.1 cm³/mol. The van der Waals surface area contributed by atoms with Crippen LogP contribution in [0.2, 0.25) is 0 Å². The van der Waals surface area contributed by atoms with E-state index >= 15 is 0 Å². The Kier molecular flexibility index (Phi) is 3.79. The highest BCUT2D eigenvalue weighted by Gasteiger charge is 2.12. The van der Waals surface area contributed by atoms with Crippen molar-refractivity contribution >= 4 is 38.5 Å². The van der Waals surface area contributed by atoms with Crippen LogP contribution in [0.3, 0.4) is 0 Å². The first-order chi connectivity index (χ1) is 10.1. The van der Waals surface area contributed by atoms with Crippen LogP contribution in [0.25, 0.3) is 11.0 Å². The van der Waals surface area contributed by atoms with Gasteiger partial charge in [-0.15, -0.1) is 0 Å². The highest BCUT2D eigenvalue weighted by Crippen LogP contribution is 2.33. The van der Waals surface area contributed by atoms with Gasteiger partial charge in [-0.3, -0.25) is 0 Å². The molecule has 0 unspecified atom stereocenters. The molecule has 0 fully saturated rings. The third-order valence-corrected chi connectivity index (χ3v) is 3.55. The van der Waals surface area contributed by atoms with Gasteiger partial charge in [0, 0.05) is 10.7 Å². The highest BCUT2D eigenvalue weighted by atomic mass is 79.9. The third-order valence-electron chi connectivity index (χ3n) is 2.92. The van der Waals surface area contributed by atoms with E-state index in [0.29, 0.717) is 0 Å². The number of nitrogens with one attached hydrogen (secondary N) is 2. The number of benzene rings is 1. The Morgan fingerprint density at radius 2 is 2.05 bits per heavy atom. The maximum atomic E-state index is 5.82. The number of H-pyrrole nitrogens is 1. The van der Waals surface area contributed by atoms with E-state index in [1.54, 1.807) is 0 Å². The molecule has 2 heterocycles. The Morgan fingerprint density at radius 3 is 2.86 bits per heavy atom. The lowest BCUT2D eigenvalue weighted by molar-refractivity contribution is 0.244. The number of hydrogen-bond acceptors (Lipinski definition) is 4. The lowest BCUT2D eigenvalue weighted by Gasteiger charge is -2.15. The molecule has 0 saturated carbocycles. The molecule has 0 spiro atoms. The fraction of sp³-hybridized carbons (Fsp3) is 0.200. The molecule has 3 rings (SSSR count). The number of aromatic nitrogens is 3. The van der Waals surface area contributed by atoms with Crippen LogP contribution in [0.15, 0.2) is 41.3 Å². The molecule has 0 aliphatic rings. The second kappa shape index (κ2) is 5.73. The topological polar surface area (TPSA) is 62.8 Å². The average Bonchev–Trinajstić information content (AvgIpc) is 2.83. The molecule has 6 heteroatoms. The SMILES string of the molecule is CC(C)Oc1ccccc1Nc1ncnc2[nH]cc(Br)c12. The Morgan fingerprint density at radius 1 is 1.24 bits per heavy atom. The first-order valence-electron chi connectivity index (χ1n) is 6.65. The van der Waals surface area contributed by atoms with Gasteiger partial charge in [-0.2, -0.15) is 0 Å². The van der Waals surface area contributed by atoms with Gasteiger partial charge in [0.15, 0.2) is 0 Å². The summed E-state index contributed by atoms with van der Waals surface area (Å²) in [7, 11) is 0. The fourth-order valence-electron chi connectivity index (χ4n) is 2.07. The molecular weight excluding hydrogens is 332 g/mol. The van der Waals surface area contributed by atoms with Crippen molar-refractivity contribution in [1.29, 1.82) is 0 Å². The number of rotatable bonds is 4.